The van der Waals surface area contributed by atoms with Gasteiger partial charge in [0.05, 0.1) is 6.04 Å². The highest BCUT2D eigenvalue weighted by Gasteiger charge is 2.19. The van der Waals surface area contributed by atoms with Crippen LogP contribution in [0.2, 0.25) is 0 Å². The summed E-state index contributed by atoms with van der Waals surface area (Å²) < 4.78 is 0. The fourth-order valence-electron chi connectivity index (χ4n) is 1.42. The number of halogens is 1. The molecule has 0 saturated carbocycles. The number of rotatable bonds is 3. The fraction of sp³-hybridized carbons (Fsp3) is 1.00. The van der Waals surface area contributed by atoms with Crippen molar-refractivity contribution in [2.45, 2.75) is 11.6 Å². The molecule has 4 nitrogen and oxygen atoms in total. The molecule has 1 aliphatic heterocycles. The molecule has 13 heavy (non-hydrogen) atoms. The van der Waals surface area contributed by atoms with E-state index in [1.807, 2.05) is 0 Å². The Labute approximate surface area is 84.2 Å². The largest absolute Gasteiger partial charge is 0.376 e. The predicted octanol–water partition coefficient (Wildman–Crippen LogP) is -0.882. The van der Waals surface area contributed by atoms with Crippen LogP contribution in [0.15, 0.2) is 0 Å². The Hall–Kier alpha value is 0.130. The van der Waals surface area contributed by atoms with Crippen LogP contribution in [-0.2, 0) is 0 Å². The van der Waals surface area contributed by atoms with Gasteiger partial charge in [-0.25, -0.2) is 0 Å². The number of aliphatic hydroxyl groups excluding tert-OH is 1. The maximum Gasteiger partial charge on any atom is 0.144 e. The van der Waals surface area contributed by atoms with Gasteiger partial charge in [-0.1, -0.05) is 11.6 Å². The molecule has 1 aliphatic rings. The molecule has 78 valence electrons. The second-order valence-electron chi connectivity index (χ2n) is 3.64. The van der Waals surface area contributed by atoms with Crippen LogP contribution in [0.4, 0.5) is 0 Å². The molecular formula is C8H18ClN3O. The minimum absolute atomic E-state index is 0.343. The molecule has 2 unspecified atom stereocenters. The molecule has 0 aromatic heterocycles. The topological polar surface area (TPSA) is 52.7 Å². The van der Waals surface area contributed by atoms with E-state index >= 15 is 0 Å². The van der Waals surface area contributed by atoms with Gasteiger partial charge in [0.2, 0.25) is 0 Å². The molecule has 1 fully saturated rings. The van der Waals surface area contributed by atoms with E-state index in [2.05, 4.69) is 16.8 Å². The number of piperazine rings is 1. The van der Waals surface area contributed by atoms with Crippen LogP contribution >= 0.6 is 11.6 Å². The lowest BCUT2D eigenvalue weighted by atomic mass is 10.2. The second-order valence-corrected chi connectivity index (χ2v) is 4.09. The third kappa shape index (κ3) is 3.79. The summed E-state index contributed by atoms with van der Waals surface area (Å²) in [7, 11) is 2.10. The zero-order valence-corrected chi connectivity index (χ0v) is 8.74. The Bertz CT molecular complexity index is 148. The maximum atomic E-state index is 9.01. The summed E-state index contributed by atoms with van der Waals surface area (Å²) in [5.41, 5.74) is 4.71. The molecule has 0 aromatic carbocycles. The number of likely N-dealkylation sites (N-methyl/N-ethyl adjacent to an activating group) is 1. The lowest BCUT2D eigenvalue weighted by molar-refractivity contribution is 0.125. The smallest absolute Gasteiger partial charge is 0.144 e. The molecule has 2 atom stereocenters. The first-order chi connectivity index (χ1) is 6.09. The van der Waals surface area contributed by atoms with Gasteiger partial charge < -0.3 is 15.7 Å². The van der Waals surface area contributed by atoms with Gasteiger partial charge in [-0.3, -0.25) is 4.90 Å². The van der Waals surface area contributed by atoms with Crippen LogP contribution < -0.4 is 5.73 Å². The molecule has 1 saturated heterocycles. The third-order valence-corrected chi connectivity index (χ3v) is 2.74. The van der Waals surface area contributed by atoms with Crippen LogP contribution in [0.5, 0.6) is 0 Å². The van der Waals surface area contributed by atoms with Crippen molar-refractivity contribution in [2.24, 2.45) is 5.73 Å². The Morgan fingerprint density at radius 3 is 2.38 bits per heavy atom. The highest BCUT2D eigenvalue weighted by molar-refractivity contribution is 6.19. The zero-order valence-electron chi connectivity index (χ0n) is 7.99. The first-order valence-corrected chi connectivity index (χ1v) is 5.02. The normalized spacial score (nSPS) is 25.8. The Kier molecular flexibility index (Phi) is 4.41. The minimum atomic E-state index is -0.931. The summed E-state index contributed by atoms with van der Waals surface area (Å²) >= 11 is 5.47. The highest BCUT2D eigenvalue weighted by Crippen LogP contribution is 2.03. The van der Waals surface area contributed by atoms with Gasteiger partial charge in [0.1, 0.15) is 5.56 Å². The van der Waals surface area contributed by atoms with Gasteiger partial charge in [-0.05, 0) is 7.05 Å². The van der Waals surface area contributed by atoms with Crippen LogP contribution in [-0.4, -0.2) is 66.3 Å². The molecule has 1 rings (SSSR count). The summed E-state index contributed by atoms with van der Waals surface area (Å²) in [5.74, 6) is 0. The summed E-state index contributed by atoms with van der Waals surface area (Å²) in [5, 5.41) is 9.01. The van der Waals surface area contributed by atoms with E-state index < -0.39 is 5.56 Å². The van der Waals surface area contributed by atoms with Crippen molar-refractivity contribution in [1.29, 1.82) is 0 Å². The van der Waals surface area contributed by atoms with Crippen molar-refractivity contribution in [1.82, 2.24) is 9.80 Å². The molecule has 5 heteroatoms. The molecule has 0 bridgehead atoms. The van der Waals surface area contributed by atoms with Crippen molar-refractivity contribution in [3.63, 3.8) is 0 Å². The van der Waals surface area contributed by atoms with Gasteiger partial charge >= 0.3 is 0 Å². The van der Waals surface area contributed by atoms with Crippen molar-refractivity contribution in [2.75, 3.05) is 39.8 Å². The molecule has 3 N–H and O–H groups in total. The molecule has 0 aromatic rings. The number of hydrogen-bond acceptors (Lipinski definition) is 4. The lowest BCUT2D eigenvalue weighted by Crippen LogP contribution is -2.50. The van der Waals surface area contributed by atoms with E-state index in [9.17, 15) is 0 Å². The molecule has 0 amide bonds. The summed E-state index contributed by atoms with van der Waals surface area (Å²) in [4.78, 5) is 4.51. The minimum Gasteiger partial charge on any atom is -0.376 e. The second kappa shape index (κ2) is 5.12. The molecule has 0 radical (unpaired) electrons. The van der Waals surface area contributed by atoms with E-state index in [-0.39, 0.29) is 6.04 Å². The first-order valence-electron chi connectivity index (χ1n) is 4.58. The van der Waals surface area contributed by atoms with Crippen LogP contribution in [0.1, 0.15) is 0 Å². The Morgan fingerprint density at radius 2 is 1.92 bits per heavy atom. The quantitative estimate of drug-likeness (QED) is 0.591. The number of nitrogens with zero attached hydrogens (tertiary/aromatic N) is 2. The van der Waals surface area contributed by atoms with E-state index in [0.717, 1.165) is 26.2 Å². The summed E-state index contributed by atoms with van der Waals surface area (Å²) in [6, 6.07) is -0.343. The summed E-state index contributed by atoms with van der Waals surface area (Å²) in [6.07, 6.45) is 0. The maximum absolute atomic E-state index is 9.01. The standard InChI is InChI=1S/C8H18ClN3O/c1-11-2-4-12(5-3-11)6-7(10)8(9)13/h7-8,13H,2-6,10H2,1H3. The van der Waals surface area contributed by atoms with Crippen LogP contribution in [0.25, 0.3) is 0 Å². The average Bonchev–Trinajstić information content (AvgIpc) is 2.08. The number of nitrogens with two attached hydrogens (primary N) is 1. The Balaban J connectivity index is 2.22. The molecule has 0 aliphatic carbocycles. The Morgan fingerprint density at radius 1 is 1.38 bits per heavy atom. The average molecular weight is 208 g/mol. The molecule has 1 heterocycles. The summed E-state index contributed by atoms with van der Waals surface area (Å²) in [6.45, 7) is 4.82. The third-order valence-electron chi connectivity index (χ3n) is 2.42. The van der Waals surface area contributed by atoms with Crippen molar-refractivity contribution in [3.8, 4) is 0 Å². The van der Waals surface area contributed by atoms with Crippen LogP contribution in [0.3, 0.4) is 0 Å². The van der Waals surface area contributed by atoms with Crippen molar-refractivity contribution < 1.29 is 5.11 Å². The van der Waals surface area contributed by atoms with Gasteiger partial charge in [0, 0.05) is 32.7 Å². The molecule has 0 spiro atoms. The van der Waals surface area contributed by atoms with Gasteiger partial charge in [-0.2, -0.15) is 0 Å². The number of alkyl halides is 1. The van der Waals surface area contributed by atoms with E-state index in [1.54, 1.807) is 0 Å². The first kappa shape index (κ1) is 11.2. The van der Waals surface area contributed by atoms with Crippen molar-refractivity contribution >= 4 is 11.6 Å². The van der Waals surface area contributed by atoms with E-state index in [4.69, 9.17) is 22.4 Å². The van der Waals surface area contributed by atoms with Gasteiger partial charge in [0.15, 0.2) is 0 Å². The number of aliphatic hydroxyl groups is 1. The SMILES string of the molecule is CN1CCN(CC(N)C(O)Cl)CC1. The number of hydrogen-bond donors (Lipinski definition) is 2. The fourth-order valence-corrected chi connectivity index (χ4v) is 1.50. The van der Waals surface area contributed by atoms with E-state index in [0.29, 0.717) is 6.54 Å². The van der Waals surface area contributed by atoms with E-state index in [1.165, 1.54) is 0 Å². The zero-order chi connectivity index (χ0) is 9.84. The van der Waals surface area contributed by atoms with Crippen molar-refractivity contribution in [3.05, 3.63) is 0 Å². The predicted molar refractivity (Wildman–Crippen MR) is 53.8 cm³/mol. The van der Waals surface area contributed by atoms with Gasteiger partial charge in [-0.15, -0.1) is 0 Å². The van der Waals surface area contributed by atoms with Crippen LogP contribution in [0, 0.1) is 0 Å². The lowest BCUT2D eigenvalue weighted by Gasteiger charge is -2.34. The monoisotopic (exact) mass is 207 g/mol. The highest BCUT2D eigenvalue weighted by atomic mass is 35.5. The molecular weight excluding hydrogens is 190 g/mol. The van der Waals surface area contributed by atoms with Gasteiger partial charge in [0.25, 0.3) is 0 Å².